The number of carbonyl (C=O) groups is 1. The number of nitrogens with zero attached hydrogens (tertiary/aromatic N) is 2. The maximum Gasteiger partial charge on any atom is 0.230 e. The van der Waals surface area contributed by atoms with Gasteiger partial charge in [-0.05, 0) is 23.1 Å². The van der Waals surface area contributed by atoms with Gasteiger partial charge < -0.3 is 5.32 Å². The van der Waals surface area contributed by atoms with Gasteiger partial charge in [-0.15, -0.1) is 11.3 Å². The molecule has 0 fully saturated rings. The van der Waals surface area contributed by atoms with E-state index in [-0.39, 0.29) is 18.1 Å². The average Bonchev–Trinajstić information content (AvgIpc) is 3.15. The van der Waals surface area contributed by atoms with E-state index in [1.54, 1.807) is 46.5 Å². The van der Waals surface area contributed by atoms with Crippen molar-refractivity contribution in [3.05, 3.63) is 70.3 Å². The minimum atomic E-state index is -0.371. The summed E-state index contributed by atoms with van der Waals surface area (Å²) < 4.78 is 15.3. The number of carbonyl (C=O) groups excluding carboxylic acids is 1. The third kappa shape index (κ3) is 3.40. The van der Waals surface area contributed by atoms with Crippen LogP contribution < -0.4 is 5.32 Å². The Morgan fingerprint density at radius 3 is 2.86 bits per heavy atom. The third-order valence-electron chi connectivity index (χ3n) is 3.18. The van der Waals surface area contributed by atoms with E-state index in [9.17, 15) is 9.18 Å². The molecule has 22 heavy (non-hydrogen) atoms. The molecule has 0 saturated carbocycles. The van der Waals surface area contributed by atoms with Crippen molar-refractivity contribution < 1.29 is 9.18 Å². The number of hydrogen-bond donors (Lipinski definition) is 1. The van der Waals surface area contributed by atoms with Crippen LogP contribution in [0.4, 0.5) is 10.2 Å². The van der Waals surface area contributed by atoms with Crippen LogP contribution in [0.2, 0.25) is 0 Å². The molecule has 4 nitrogen and oxygen atoms in total. The van der Waals surface area contributed by atoms with Gasteiger partial charge in [0.15, 0.2) is 0 Å². The van der Waals surface area contributed by atoms with Crippen LogP contribution in [0.25, 0.3) is 0 Å². The van der Waals surface area contributed by atoms with Crippen LogP contribution in [0.1, 0.15) is 10.4 Å². The smallest absolute Gasteiger partial charge is 0.230 e. The van der Waals surface area contributed by atoms with Crippen LogP contribution >= 0.6 is 11.3 Å². The van der Waals surface area contributed by atoms with E-state index in [1.165, 1.54) is 6.07 Å². The molecule has 1 N–H and O–H groups in total. The van der Waals surface area contributed by atoms with E-state index >= 15 is 0 Å². The van der Waals surface area contributed by atoms with Gasteiger partial charge in [-0.25, -0.2) is 9.07 Å². The monoisotopic (exact) mass is 315 g/mol. The molecule has 0 aliphatic carbocycles. The predicted octanol–water partition coefficient (Wildman–Crippen LogP) is 3.31. The zero-order valence-corrected chi connectivity index (χ0v) is 12.5. The Morgan fingerprint density at radius 2 is 2.09 bits per heavy atom. The lowest BCUT2D eigenvalue weighted by molar-refractivity contribution is -0.115. The number of halogens is 1. The number of hydrogen-bond acceptors (Lipinski definition) is 3. The van der Waals surface area contributed by atoms with Gasteiger partial charge in [0.25, 0.3) is 0 Å². The number of anilines is 1. The molecule has 6 heteroatoms. The fraction of sp³-hybridized carbons (Fsp3) is 0.125. The second kappa shape index (κ2) is 6.53. The lowest BCUT2D eigenvalue weighted by Gasteiger charge is -2.08. The van der Waals surface area contributed by atoms with E-state index in [4.69, 9.17) is 0 Å². The first-order valence-electron chi connectivity index (χ1n) is 6.80. The van der Waals surface area contributed by atoms with E-state index in [1.807, 2.05) is 17.5 Å². The maximum absolute atomic E-state index is 13.6. The quantitative estimate of drug-likeness (QED) is 0.785. The summed E-state index contributed by atoms with van der Waals surface area (Å²) in [6.45, 7) is 0.597. The van der Waals surface area contributed by atoms with Gasteiger partial charge in [-0.1, -0.05) is 24.3 Å². The van der Waals surface area contributed by atoms with Crippen molar-refractivity contribution in [1.29, 1.82) is 0 Å². The summed E-state index contributed by atoms with van der Waals surface area (Å²) in [6, 6.07) is 12.0. The number of aromatic nitrogens is 2. The van der Waals surface area contributed by atoms with Crippen molar-refractivity contribution in [2.75, 3.05) is 5.32 Å². The summed E-state index contributed by atoms with van der Waals surface area (Å²) in [5, 5.41) is 8.98. The van der Waals surface area contributed by atoms with Crippen LogP contribution in [-0.2, 0) is 17.8 Å². The van der Waals surface area contributed by atoms with Crippen LogP contribution in [0.3, 0.4) is 0 Å². The maximum atomic E-state index is 13.6. The van der Waals surface area contributed by atoms with E-state index in [0.717, 1.165) is 4.88 Å². The second-order valence-electron chi connectivity index (χ2n) is 4.77. The average molecular weight is 315 g/mol. The number of amides is 1. The highest BCUT2D eigenvalue weighted by atomic mass is 32.1. The standard InChI is InChI=1S/C16H14FN3OS/c17-14-6-2-1-4-12(14)10-16(21)19-15-7-8-18-20(15)11-13-5-3-9-22-13/h1-9H,10-11H2,(H,19,21). The largest absolute Gasteiger partial charge is 0.311 e. The van der Waals surface area contributed by atoms with Crippen molar-refractivity contribution in [1.82, 2.24) is 9.78 Å². The second-order valence-corrected chi connectivity index (χ2v) is 5.80. The Morgan fingerprint density at radius 1 is 1.23 bits per heavy atom. The van der Waals surface area contributed by atoms with Crippen molar-refractivity contribution in [2.45, 2.75) is 13.0 Å². The highest BCUT2D eigenvalue weighted by molar-refractivity contribution is 7.09. The molecule has 3 rings (SSSR count). The van der Waals surface area contributed by atoms with Crippen molar-refractivity contribution in [3.63, 3.8) is 0 Å². The Labute approximate surface area is 131 Å². The van der Waals surface area contributed by atoms with Crippen molar-refractivity contribution in [2.24, 2.45) is 0 Å². The molecule has 3 aromatic rings. The topological polar surface area (TPSA) is 46.9 Å². The van der Waals surface area contributed by atoms with Gasteiger partial charge in [0.1, 0.15) is 11.6 Å². The summed E-state index contributed by atoms with van der Waals surface area (Å²) in [7, 11) is 0. The zero-order chi connectivity index (χ0) is 15.4. The highest BCUT2D eigenvalue weighted by Crippen LogP contribution is 2.15. The van der Waals surface area contributed by atoms with Gasteiger partial charge in [0.2, 0.25) is 5.91 Å². The molecule has 0 bridgehead atoms. The summed E-state index contributed by atoms with van der Waals surface area (Å²) >= 11 is 1.63. The van der Waals surface area contributed by atoms with Gasteiger partial charge in [0, 0.05) is 10.9 Å². The third-order valence-corrected chi connectivity index (χ3v) is 4.04. The highest BCUT2D eigenvalue weighted by Gasteiger charge is 2.11. The minimum absolute atomic E-state index is 0.00312. The first-order valence-corrected chi connectivity index (χ1v) is 7.68. The number of rotatable bonds is 5. The molecule has 0 radical (unpaired) electrons. The minimum Gasteiger partial charge on any atom is -0.311 e. The summed E-state index contributed by atoms with van der Waals surface area (Å²) in [5.74, 6) is -0.0301. The molecule has 0 aliphatic heterocycles. The fourth-order valence-electron chi connectivity index (χ4n) is 2.12. The predicted molar refractivity (Wildman–Crippen MR) is 84.4 cm³/mol. The number of nitrogens with one attached hydrogen (secondary N) is 1. The van der Waals surface area contributed by atoms with Crippen molar-refractivity contribution in [3.8, 4) is 0 Å². The molecule has 0 atom stereocenters. The summed E-state index contributed by atoms with van der Waals surface area (Å²) in [6.07, 6.45) is 1.63. The summed E-state index contributed by atoms with van der Waals surface area (Å²) in [5.41, 5.74) is 0.379. The van der Waals surface area contributed by atoms with Gasteiger partial charge >= 0.3 is 0 Å². The van der Waals surface area contributed by atoms with Crippen LogP contribution in [0.15, 0.2) is 54.0 Å². The van der Waals surface area contributed by atoms with Crippen molar-refractivity contribution >= 4 is 23.1 Å². The molecule has 0 unspecified atom stereocenters. The molecule has 0 saturated heterocycles. The number of thiophene rings is 1. The normalized spacial score (nSPS) is 10.6. The van der Waals surface area contributed by atoms with Gasteiger partial charge in [0.05, 0.1) is 19.2 Å². The number of benzene rings is 1. The van der Waals surface area contributed by atoms with E-state index in [0.29, 0.717) is 17.9 Å². The van der Waals surface area contributed by atoms with Crippen LogP contribution in [-0.4, -0.2) is 15.7 Å². The van der Waals surface area contributed by atoms with E-state index in [2.05, 4.69) is 10.4 Å². The molecule has 0 aliphatic rings. The Kier molecular flexibility index (Phi) is 4.29. The fourth-order valence-corrected chi connectivity index (χ4v) is 2.80. The SMILES string of the molecule is O=C(Cc1ccccc1F)Nc1ccnn1Cc1cccs1. The van der Waals surface area contributed by atoms with E-state index < -0.39 is 0 Å². The lowest BCUT2D eigenvalue weighted by atomic mass is 10.1. The summed E-state index contributed by atoms with van der Waals surface area (Å²) in [4.78, 5) is 13.2. The van der Waals surface area contributed by atoms with Crippen LogP contribution in [0.5, 0.6) is 0 Å². The molecule has 2 aromatic heterocycles. The lowest BCUT2D eigenvalue weighted by Crippen LogP contribution is -2.18. The Balaban J connectivity index is 1.67. The first-order chi connectivity index (χ1) is 10.7. The zero-order valence-electron chi connectivity index (χ0n) is 11.7. The Hall–Kier alpha value is -2.47. The molecule has 2 heterocycles. The van der Waals surface area contributed by atoms with Crippen LogP contribution in [0, 0.1) is 5.82 Å². The molecule has 112 valence electrons. The molecule has 0 spiro atoms. The molecular formula is C16H14FN3OS. The molecule has 1 amide bonds. The van der Waals surface area contributed by atoms with Gasteiger partial charge in [-0.2, -0.15) is 5.10 Å². The first kappa shape index (κ1) is 14.5. The molecule has 1 aromatic carbocycles. The molecular weight excluding hydrogens is 301 g/mol. The Bertz CT molecular complexity index is 767. The van der Waals surface area contributed by atoms with Gasteiger partial charge in [-0.3, -0.25) is 4.79 Å².